The van der Waals surface area contributed by atoms with Crippen molar-refractivity contribution in [3.05, 3.63) is 107 Å². The molecule has 0 radical (unpaired) electrons. The van der Waals surface area contributed by atoms with E-state index in [9.17, 15) is 24.3 Å². The Morgan fingerprint density at radius 2 is 1.67 bits per heavy atom. The summed E-state index contributed by atoms with van der Waals surface area (Å²) in [5.74, 6) is -2.74. The molecule has 0 bridgehead atoms. The van der Waals surface area contributed by atoms with Crippen LogP contribution in [-0.4, -0.2) is 56.3 Å². The Hall–Kier alpha value is -4.96. The maximum atomic E-state index is 13.8. The predicted octanol–water partition coefficient (Wildman–Crippen LogP) is 3.86. The number of aromatic nitrogens is 2. The summed E-state index contributed by atoms with van der Waals surface area (Å²) in [5.41, 5.74) is 8.49. The van der Waals surface area contributed by atoms with Crippen LogP contribution in [0, 0.1) is 12.8 Å². The lowest BCUT2D eigenvalue weighted by molar-refractivity contribution is -0.126. The number of nitrogens with two attached hydrogens (primary N) is 1. The van der Waals surface area contributed by atoms with Crippen LogP contribution in [-0.2, 0) is 22.4 Å². The van der Waals surface area contributed by atoms with E-state index in [-0.39, 0.29) is 24.4 Å². The molecule has 2 aromatic heterocycles. The quantitative estimate of drug-likeness (QED) is 0.176. The van der Waals surface area contributed by atoms with Crippen LogP contribution >= 0.6 is 0 Å². The fraction of sp³-hybridized carbons (Fsp3) is 0.333. The molecule has 240 valence electrons. The van der Waals surface area contributed by atoms with Gasteiger partial charge in [-0.25, -0.2) is 4.98 Å². The number of primary amides is 1. The van der Waals surface area contributed by atoms with E-state index in [1.165, 1.54) is 0 Å². The molecule has 2 heterocycles. The number of carbonyl (C=O) groups excluding carboxylic acids is 4. The van der Waals surface area contributed by atoms with Crippen LogP contribution in [0.3, 0.4) is 0 Å². The van der Waals surface area contributed by atoms with Gasteiger partial charge < -0.3 is 21.5 Å². The molecule has 3 atom stereocenters. The van der Waals surface area contributed by atoms with Gasteiger partial charge in [-0.05, 0) is 81.8 Å². The third-order valence-corrected chi connectivity index (χ3v) is 7.59. The molecule has 46 heavy (non-hydrogen) atoms. The Balaban J connectivity index is 1.58. The molecule has 10 nitrogen and oxygen atoms in total. The van der Waals surface area contributed by atoms with E-state index < -0.39 is 47.6 Å². The van der Waals surface area contributed by atoms with E-state index in [0.717, 1.165) is 16.5 Å². The molecule has 10 heteroatoms. The smallest absolute Gasteiger partial charge is 0.270 e. The highest BCUT2D eigenvalue weighted by molar-refractivity contribution is 5.99. The lowest BCUT2D eigenvalue weighted by atomic mass is 9.84. The zero-order valence-electron chi connectivity index (χ0n) is 26.6. The third-order valence-electron chi connectivity index (χ3n) is 7.59. The van der Waals surface area contributed by atoms with E-state index in [2.05, 4.69) is 20.6 Å². The number of nitrogens with zero attached hydrogens (tertiary/aromatic N) is 2. The second kappa shape index (κ2) is 14.9. The summed E-state index contributed by atoms with van der Waals surface area (Å²) in [6.45, 7) is 7.56. The molecule has 0 aliphatic carbocycles. The molecule has 5 N–H and O–H groups in total. The van der Waals surface area contributed by atoms with Crippen molar-refractivity contribution in [3.8, 4) is 0 Å². The van der Waals surface area contributed by atoms with Gasteiger partial charge in [-0.15, -0.1) is 0 Å². The number of hydrogen-bond donors (Lipinski definition) is 4. The number of Topliss-reactive ketones (excluding diaryl/α,β-unsaturated/α-hetero) is 1. The lowest BCUT2D eigenvalue weighted by Gasteiger charge is -2.26. The van der Waals surface area contributed by atoms with Gasteiger partial charge in [-0.3, -0.25) is 24.2 Å². The van der Waals surface area contributed by atoms with Gasteiger partial charge in [0.1, 0.15) is 5.69 Å². The van der Waals surface area contributed by atoms with Gasteiger partial charge in [-0.2, -0.15) is 0 Å². The van der Waals surface area contributed by atoms with Gasteiger partial charge in [0.25, 0.3) is 11.8 Å². The van der Waals surface area contributed by atoms with Crippen molar-refractivity contribution in [1.82, 2.24) is 20.6 Å². The minimum absolute atomic E-state index is 0.0911. The first-order valence-corrected chi connectivity index (χ1v) is 15.3. The highest BCUT2D eigenvalue weighted by Crippen LogP contribution is 2.24. The SMILES string of the molecule is Cc1ccc(C[C@@H](O)[C@H](CC(=O)[C@H](CC(N)=O)NC(=O)c2ccc3ccccc3n2)Cc2cccnc2)c(C(=O)NC(C)(C)C)c1. The number of pyridine rings is 2. The summed E-state index contributed by atoms with van der Waals surface area (Å²) >= 11 is 0. The van der Waals surface area contributed by atoms with Crippen LogP contribution in [0.1, 0.15) is 71.1 Å². The zero-order valence-corrected chi connectivity index (χ0v) is 26.6. The largest absolute Gasteiger partial charge is 0.392 e. The molecule has 4 rings (SSSR count). The van der Waals surface area contributed by atoms with Crippen molar-refractivity contribution in [3.63, 3.8) is 0 Å². The van der Waals surface area contributed by atoms with Gasteiger partial charge in [-0.1, -0.05) is 48.0 Å². The van der Waals surface area contributed by atoms with Crippen LogP contribution in [0.5, 0.6) is 0 Å². The van der Waals surface area contributed by atoms with Gasteiger partial charge in [0.2, 0.25) is 5.91 Å². The highest BCUT2D eigenvalue weighted by atomic mass is 16.3. The third kappa shape index (κ3) is 9.52. The molecule has 0 saturated heterocycles. The summed E-state index contributed by atoms with van der Waals surface area (Å²) < 4.78 is 0. The molecule has 0 unspecified atom stereocenters. The first-order chi connectivity index (χ1) is 21.8. The van der Waals surface area contributed by atoms with Crippen molar-refractivity contribution >= 4 is 34.4 Å². The number of para-hydroxylation sites is 1. The van der Waals surface area contributed by atoms with Gasteiger partial charge in [0.05, 0.1) is 24.1 Å². The molecule has 0 aliphatic rings. The number of hydrogen-bond acceptors (Lipinski definition) is 7. The highest BCUT2D eigenvalue weighted by Gasteiger charge is 2.31. The Labute approximate surface area is 268 Å². The zero-order chi connectivity index (χ0) is 33.4. The minimum atomic E-state index is -1.23. The first-order valence-electron chi connectivity index (χ1n) is 15.3. The van der Waals surface area contributed by atoms with Crippen molar-refractivity contribution in [2.75, 3.05) is 0 Å². The number of benzene rings is 2. The van der Waals surface area contributed by atoms with Gasteiger partial charge in [0.15, 0.2) is 5.78 Å². The van der Waals surface area contributed by atoms with Crippen LogP contribution in [0.2, 0.25) is 0 Å². The molecule has 3 amide bonds. The van der Waals surface area contributed by atoms with Crippen molar-refractivity contribution in [2.45, 2.75) is 71.1 Å². The number of aliphatic hydroxyl groups excluding tert-OH is 1. The maximum Gasteiger partial charge on any atom is 0.270 e. The molecule has 0 spiro atoms. The number of carbonyl (C=O) groups is 4. The number of fused-ring (bicyclic) bond motifs is 1. The molecule has 0 fully saturated rings. The Morgan fingerprint density at radius 3 is 2.37 bits per heavy atom. The van der Waals surface area contributed by atoms with Crippen molar-refractivity contribution in [2.24, 2.45) is 11.7 Å². The summed E-state index contributed by atoms with van der Waals surface area (Å²) in [7, 11) is 0. The summed E-state index contributed by atoms with van der Waals surface area (Å²) in [5, 5.41) is 18.1. The van der Waals surface area contributed by atoms with Crippen LogP contribution in [0.25, 0.3) is 10.9 Å². The van der Waals surface area contributed by atoms with Crippen LogP contribution in [0.15, 0.2) is 79.1 Å². The molecule has 0 aliphatic heterocycles. The fourth-order valence-corrected chi connectivity index (χ4v) is 5.32. The second-order valence-electron chi connectivity index (χ2n) is 12.7. The van der Waals surface area contributed by atoms with E-state index in [0.29, 0.717) is 23.1 Å². The molecule has 0 saturated carbocycles. The second-order valence-corrected chi connectivity index (χ2v) is 12.7. The molecular weight excluding hydrogens is 582 g/mol. The summed E-state index contributed by atoms with van der Waals surface area (Å²) in [4.78, 5) is 60.7. The summed E-state index contributed by atoms with van der Waals surface area (Å²) in [6, 6.07) is 18.5. The lowest BCUT2D eigenvalue weighted by Crippen LogP contribution is -2.45. The van der Waals surface area contributed by atoms with Crippen molar-refractivity contribution < 1.29 is 24.3 Å². The fourth-order valence-electron chi connectivity index (χ4n) is 5.32. The number of ketones is 1. The Morgan fingerprint density at radius 1 is 0.913 bits per heavy atom. The molecule has 4 aromatic rings. The number of amides is 3. The van der Waals surface area contributed by atoms with Gasteiger partial charge >= 0.3 is 0 Å². The Kier molecular flexibility index (Phi) is 11.0. The normalized spacial score (nSPS) is 13.4. The van der Waals surface area contributed by atoms with E-state index >= 15 is 0 Å². The monoisotopic (exact) mass is 623 g/mol. The average Bonchev–Trinajstić information content (AvgIpc) is 3.00. The first kappa shape index (κ1) is 33.9. The van der Waals surface area contributed by atoms with E-state index in [1.807, 2.05) is 58.0 Å². The number of nitrogens with one attached hydrogen (secondary N) is 2. The Bertz CT molecular complexity index is 1720. The minimum Gasteiger partial charge on any atom is -0.392 e. The topological polar surface area (TPSA) is 164 Å². The maximum absolute atomic E-state index is 13.8. The van der Waals surface area contributed by atoms with Crippen LogP contribution in [0.4, 0.5) is 0 Å². The van der Waals surface area contributed by atoms with Gasteiger partial charge in [0, 0.05) is 35.3 Å². The molecule has 2 aromatic carbocycles. The standard InChI is InChI=1S/C36H41N5O5/c1-22-11-12-25(27(16-22)34(45)41-36(2,3)4)18-31(42)26(17-23-8-7-15-38-21-23)19-32(43)30(20-33(37)44)40-35(46)29-14-13-24-9-5-6-10-28(24)39-29/h5-16,21,26,30-31,42H,17-20H2,1-4H3,(H2,37,44)(H,40,46)(H,41,45)/t26-,30-,31+/m0/s1. The number of rotatable bonds is 13. The average molecular weight is 624 g/mol. The molecular formula is C36H41N5O5. The van der Waals surface area contributed by atoms with Crippen molar-refractivity contribution in [1.29, 1.82) is 0 Å². The number of aliphatic hydroxyl groups is 1. The predicted molar refractivity (Wildman–Crippen MR) is 176 cm³/mol. The van der Waals surface area contributed by atoms with E-state index in [1.54, 1.807) is 48.8 Å². The van der Waals surface area contributed by atoms with Crippen LogP contribution < -0.4 is 16.4 Å². The van der Waals surface area contributed by atoms with E-state index in [4.69, 9.17) is 5.73 Å². The summed E-state index contributed by atoms with van der Waals surface area (Å²) in [6.07, 6.45) is 2.04. The number of aryl methyl sites for hydroxylation is 1.